The summed E-state index contributed by atoms with van der Waals surface area (Å²) in [7, 11) is 0. The summed E-state index contributed by atoms with van der Waals surface area (Å²) < 4.78 is 47.3. The molecular weight excluding hydrogens is 584 g/mol. The topological polar surface area (TPSA) is 114 Å². The Morgan fingerprint density at radius 3 is 1.21 bits per heavy atom. The maximum atomic E-state index is 8.99. The number of fused-ring (bicyclic) bond motifs is 2. The number of ether oxygens (including phenoxy) is 8. The van der Waals surface area contributed by atoms with Crippen molar-refractivity contribution in [2.75, 3.05) is 92.5 Å². The van der Waals surface area contributed by atoms with E-state index in [0.717, 1.165) is 43.2 Å². The summed E-state index contributed by atoms with van der Waals surface area (Å²) >= 11 is 3.19. The van der Waals surface area contributed by atoms with Crippen molar-refractivity contribution in [3.05, 3.63) is 47.2 Å². The highest BCUT2D eigenvalue weighted by molar-refractivity contribution is 7.18. The molecule has 42 heavy (non-hydrogen) atoms. The van der Waals surface area contributed by atoms with Gasteiger partial charge in [-0.15, -0.1) is 22.7 Å². The van der Waals surface area contributed by atoms with Crippen LogP contribution in [0.3, 0.4) is 0 Å². The van der Waals surface area contributed by atoms with E-state index in [2.05, 4.69) is 0 Å². The highest BCUT2D eigenvalue weighted by Crippen LogP contribution is 2.38. The lowest BCUT2D eigenvalue weighted by molar-refractivity contribution is 0.00513. The summed E-state index contributed by atoms with van der Waals surface area (Å²) in [4.78, 5) is 0. The number of aliphatic hydroxyl groups is 2. The average molecular weight is 623 g/mol. The molecule has 12 heteroatoms. The van der Waals surface area contributed by atoms with Crippen molar-refractivity contribution in [2.24, 2.45) is 0 Å². The van der Waals surface area contributed by atoms with Crippen molar-refractivity contribution in [1.29, 1.82) is 0 Å². The normalized spacial score (nSPS) is 11.4. The van der Waals surface area contributed by atoms with Crippen LogP contribution in [-0.2, 0) is 18.9 Å². The molecule has 0 spiro atoms. The van der Waals surface area contributed by atoms with E-state index >= 15 is 0 Å². The maximum Gasteiger partial charge on any atom is 0.137 e. The number of rotatable bonds is 23. The third-order valence-corrected chi connectivity index (χ3v) is 7.72. The molecule has 0 saturated carbocycles. The Morgan fingerprint density at radius 2 is 0.762 bits per heavy atom. The summed E-state index contributed by atoms with van der Waals surface area (Å²) in [5.74, 6) is 3.12. The number of hydrogen-bond donors (Lipinski definition) is 2. The smallest absolute Gasteiger partial charge is 0.137 e. The minimum Gasteiger partial charge on any atom is -0.491 e. The lowest BCUT2D eigenvalue weighted by Gasteiger charge is -2.12. The van der Waals surface area contributed by atoms with E-state index in [4.69, 9.17) is 48.1 Å². The zero-order chi connectivity index (χ0) is 29.2. The van der Waals surface area contributed by atoms with Crippen LogP contribution in [0.15, 0.2) is 47.2 Å². The molecule has 0 fully saturated rings. The zero-order valence-corrected chi connectivity index (χ0v) is 25.1. The standard InChI is InChI=1S/C30H38O10S2/c31-7-9-33-15-18-38-26-2-4-28(30-24(26)6-22-42-30)40-20-17-36-14-12-34-11-13-35-16-19-39-27-3-1-25(37-10-8-32)23-5-21-41-29(23)27/h1-6,21-22,31-32H,7-20H2. The van der Waals surface area contributed by atoms with Gasteiger partial charge >= 0.3 is 0 Å². The Hall–Kier alpha value is -2.68. The molecule has 0 amide bonds. The summed E-state index contributed by atoms with van der Waals surface area (Å²) in [5, 5.41) is 23.7. The third-order valence-electron chi connectivity index (χ3n) is 5.87. The van der Waals surface area contributed by atoms with Crippen LogP contribution < -0.4 is 18.9 Å². The van der Waals surface area contributed by atoms with E-state index in [1.54, 1.807) is 22.7 Å². The van der Waals surface area contributed by atoms with Crippen LogP contribution in [0.1, 0.15) is 0 Å². The van der Waals surface area contributed by atoms with Crippen LogP contribution >= 0.6 is 22.7 Å². The predicted molar refractivity (Wildman–Crippen MR) is 163 cm³/mol. The second-order valence-corrected chi connectivity index (χ2v) is 10.6. The van der Waals surface area contributed by atoms with Crippen LogP contribution in [-0.4, -0.2) is 103 Å². The second kappa shape index (κ2) is 18.8. The average Bonchev–Trinajstić information content (AvgIpc) is 3.71. The van der Waals surface area contributed by atoms with Gasteiger partial charge in [0, 0.05) is 10.8 Å². The molecule has 0 bridgehead atoms. The third kappa shape index (κ3) is 9.96. The van der Waals surface area contributed by atoms with Gasteiger partial charge in [-0.1, -0.05) is 0 Å². The van der Waals surface area contributed by atoms with Crippen LogP contribution in [0.5, 0.6) is 23.0 Å². The lowest BCUT2D eigenvalue weighted by atomic mass is 10.2. The first-order chi connectivity index (χ1) is 20.8. The first kappa shape index (κ1) is 32.2. The maximum absolute atomic E-state index is 8.99. The van der Waals surface area contributed by atoms with Crippen molar-refractivity contribution in [3.63, 3.8) is 0 Å². The fraction of sp³-hybridized carbons (Fsp3) is 0.467. The summed E-state index contributed by atoms with van der Waals surface area (Å²) in [6.45, 7) is 5.07. The molecule has 10 nitrogen and oxygen atoms in total. The van der Waals surface area contributed by atoms with E-state index in [1.807, 2.05) is 47.2 Å². The Bertz CT molecular complexity index is 1310. The first-order valence-corrected chi connectivity index (χ1v) is 15.6. The predicted octanol–water partition coefficient (Wildman–Crippen LogP) is 4.38. The first-order valence-electron chi connectivity index (χ1n) is 13.9. The highest BCUT2D eigenvalue weighted by atomic mass is 32.1. The SMILES string of the molecule is OCCOCCOc1ccc(OCCOCCOCCOCCOc2ccc(OCCO)c3ccsc23)c2sccc12. The molecule has 0 aliphatic rings. The van der Waals surface area contributed by atoms with Crippen LogP contribution in [0.25, 0.3) is 20.2 Å². The molecule has 0 unspecified atom stereocenters. The van der Waals surface area contributed by atoms with Crippen molar-refractivity contribution in [2.45, 2.75) is 0 Å². The van der Waals surface area contributed by atoms with E-state index in [0.29, 0.717) is 72.7 Å². The quantitative estimate of drug-likeness (QED) is 0.116. The number of hydrogen-bond acceptors (Lipinski definition) is 12. The zero-order valence-electron chi connectivity index (χ0n) is 23.5. The summed E-state index contributed by atoms with van der Waals surface area (Å²) in [5.41, 5.74) is 0. The van der Waals surface area contributed by atoms with Gasteiger partial charge in [0.25, 0.3) is 0 Å². The molecule has 0 atom stereocenters. The van der Waals surface area contributed by atoms with Crippen LogP contribution in [0.2, 0.25) is 0 Å². The van der Waals surface area contributed by atoms with Gasteiger partial charge in [-0.2, -0.15) is 0 Å². The molecular formula is C30H38O10S2. The van der Waals surface area contributed by atoms with Gasteiger partial charge in [0.1, 0.15) is 49.4 Å². The Balaban J connectivity index is 1.01. The second-order valence-electron chi connectivity index (χ2n) is 8.74. The van der Waals surface area contributed by atoms with Gasteiger partial charge in [0.2, 0.25) is 0 Å². The van der Waals surface area contributed by atoms with Gasteiger partial charge in [-0.05, 0) is 47.2 Å². The Labute approximate surface area is 253 Å². The van der Waals surface area contributed by atoms with Gasteiger partial charge in [-0.25, -0.2) is 0 Å². The molecule has 0 aliphatic heterocycles. The summed E-state index contributed by atoms with van der Waals surface area (Å²) in [6, 6.07) is 11.6. The summed E-state index contributed by atoms with van der Waals surface area (Å²) in [6.07, 6.45) is 0. The molecule has 0 saturated heterocycles. The van der Waals surface area contributed by atoms with Gasteiger partial charge < -0.3 is 48.1 Å². The molecule has 4 rings (SSSR count). The molecule has 2 aromatic carbocycles. The van der Waals surface area contributed by atoms with Crippen molar-refractivity contribution >= 4 is 42.8 Å². The molecule has 2 N–H and O–H groups in total. The number of thiophene rings is 2. The monoisotopic (exact) mass is 622 g/mol. The van der Waals surface area contributed by atoms with E-state index < -0.39 is 0 Å². The fourth-order valence-corrected chi connectivity index (χ4v) is 5.75. The van der Waals surface area contributed by atoms with Gasteiger partial charge in [-0.3, -0.25) is 0 Å². The van der Waals surface area contributed by atoms with Gasteiger partial charge in [0.05, 0.1) is 75.5 Å². The molecule has 0 radical (unpaired) electrons. The van der Waals surface area contributed by atoms with Gasteiger partial charge in [0.15, 0.2) is 0 Å². The molecule has 4 aromatic rings. The number of aliphatic hydroxyl groups excluding tert-OH is 2. The minimum absolute atomic E-state index is 0.00490. The van der Waals surface area contributed by atoms with Crippen LogP contribution in [0, 0.1) is 0 Å². The van der Waals surface area contributed by atoms with Crippen molar-refractivity contribution < 1.29 is 48.1 Å². The van der Waals surface area contributed by atoms with E-state index in [1.165, 1.54) is 0 Å². The Morgan fingerprint density at radius 1 is 0.405 bits per heavy atom. The molecule has 0 aliphatic carbocycles. The fourth-order valence-electron chi connectivity index (χ4n) is 4.00. The van der Waals surface area contributed by atoms with Crippen molar-refractivity contribution in [3.8, 4) is 23.0 Å². The largest absolute Gasteiger partial charge is 0.491 e. The molecule has 2 aromatic heterocycles. The minimum atomic E-state index is -0.0231. The Kier molecular flexibility index (Phi) is 14.4. The highest BCUT2D eigenvalue weighted by Gasteiger charge is 2.11. The van der Waals surface area contributed by atoms with E-state index in [9.17, 15) is 0 Å². The molecule has 2 heterocycles. The molecule has 230 valence electrons. The lowest BCUT2D eigenvalue weighted by Crippen LogP contribution is -2.14. The van der Waals surface area contributed by atoms with Crippen molar-refractivity contribution in [1.82, 2.24) is 0 Å². The van der Waals surface area contributed by atoms with E-state index in [-0.39, 0.29) is 19.8 Å². The van der Waals surface area contributed by atoms with Crippen LogP contribution in [0.4, 0.5) is 0 Å². The number of benzene rings is 2.